The Labute approximate surface area is 225 Å². The maximum Gasteiger partial charge on any atom is 0.173 e. The van der Waals surface area contributed by atoms with Crippen molar-refractivity contribution in [3.63, 3.8) is 0 Å². The third-order valence-corrected chi connectivity index (χ3v) is 7.41. The van der Waals surface area contributed by atoms with Crippen LogP contribution in [0, 0.1) is 0 Å². The highest BCUT2D eigenvalue weighted by molar-refractivity contribution is 9.10. The van der Waals surface area contributed by atoms with Crippen LogP contribution in [0.3, 0.4) is 0 Å². The molecule has 1 N–H and O–H groups in total. The first-order valence-corrected chi connectivity index (χ1v) is 14.5. The van der Waals surface area contributed by atoms with Crippen molar-refractivity contribution in [1.29, 1.82) is 0 Å². The number of unbranched alkanes of at least 4 members (excludes halogenated alkanes) is 11. The first kappa shape index (κ1) is 28.2. The molecular formula is C31H41BrN2O2. The summed E-state index contributed by atoms with van der Waals surface area (Å²) in [6, 6.07) is 15.1. The average molecular weight is 554 g/mol. The summed E-state index contributed by atoms with van der Waals surface area (Å²) in [6.07, 6.45) is 19.5. The minimum atomic E-state index is -0.390. The van der Waals surface area contributed by atoms with E-state index in [2.05, 4.69) is 28.0 Å². The predicted molar refractivity (Wildman–Crippen MR) is 152 cm³/mol. The Balaban J connectivity index is 1.53. The lowest BCUT2D eigenvalue weighted by atomic mass is 9.86. The molecule has 0 saturated carbocycles. The van der Waals surface area contributed by atoms with Gasteiger partial charge in [0.05, 0.1) is 23.4 Å². The van der Waals surface area contributed by atoms with Gasteiger partial charge in [-0.3, -0.25) is 4.79 Å². The van der Waals surface area contributed by atoms with Crippen molar-refractivity contribution in [2.75, 3.05) is 0 Å². The molecule has 0 amide bonds. The lowest BCUT2D eigenvalue weighted by molar-refractivity contribution is 0.0952. The highest BCUT2D eigenvalue weighted by Gasteiger charge is 2.26. The quantitative estimate of drug-likeness (QED) is 0.134. The average Bonchev–Trinajstić information content (AvgIpc) is 3.39. The molecule has 0 aliphatic carbocycles. The summed E-state index contributed by atoms with van der Waals surface area (Å²) in [6.45, 7) is 2.26. The third kappa shape index (κ3) is 8.92. The number of hydrogen-bond acceptors (Lipinski definition) is 3. The van der Waals surface area contributed by atoms with Gasteiger partial charge in [-0.25, -0.2) is 4.68 Å². The zero-order valence-corrected chi connectivity index (χ0v) is 23.3. The van der Waals surface area contributed by atoms with Crippen molar-refractivity contribution in [2.24, 2.45) is 0 Å². The van der Waals surface area contributed by atoms with Crippen LogP contribution in [-0.2, 0) is 0 Å². The highest BCUT2D eigenvalue weighted by Crippen LogP contribution is 2.35. The van der Waals surface area contributed by atoms with Gasteiger partial charge in [0, 0.05) is 16.2 Å². The Morgan fingerprint density at radius 3 is 2.14 bits per heavy atom. The summed E-state index contributed by atoms with van der Waals surface area (Å²) in [5.41, 5.74) is 2.17. The van der Waals surface area contributed by atoms with Gasteiger partial charge in [0.15, 0.2) is 5.78 Å². The molecule has 0 radical (unpaired) electrons. The second-order valence-corrected chi connectivity index (χ2v) is 10.7. The van der Waals surface area contributed by atoms with Crippen LogP contribution in [0.1, 0.15) is 112 Å². The van der Waals surface area contributed by atoms with Crippen molar-refractivity contribution in [3.8, 4) is 11.4 Å². The maximum absolute atomic E-state index is 13.6. The second kappa shape index (κ2) is 15.7. The van der Waals surface area contributed by atoms with E-state index in [-0.39, 0.29) is 17.5 Å². The van der Waals surface area contributed by atoms with Crippen molar-refractivity contribution < 1.29 is 9.90 Å². The standard InChI is InChI=1S/C31H41BrN2O2/c1-2-3-4-5-6-7-8-9-10-11-12-16-19-28(29-22-26(32)20-21-30(29)35)31(36)25-23-33-34(24-25)27-17-14-13-15-18-27/h13-15,17-18,20-24,28,35H,2-12,16,19H2,1H3. The Hall–Kier alpha value is -2.40. The summed E-state index contributed by atoms with van der Waals surface area (Å²) in [5.74, 6) is -0.210. The van der Waals surface area contributed by atoms with Gasteiger partial charge in [0.1, 0.15) is 5.75 Å². The Kier molecular flexibility index (Phi) is 12.3. The minimum Gasteiger partial charge on any atom is -0.508 e. The summed E-state index contributed by atoms with van der Waals surface area (Å²) in [7, 11) is 0. The van der Waals surface area contributed by atoms with Crippen LogP contribution >= 0.6 is 15.9 Å². The van der Waals surface area contributed by atoms with E-state index in [4.69, 9.17) is 0 Å². The van der Waals surface area contributed by atoms with Crippen molar-refractivity contribution >= 4 is 21.7 Å². The molecule has 0 spiro atoms. The fraction of sp³-hybridized carbons (Fsp3) is 0.484. The Morgan fingerprint density at radius 2 is 1.50 bits per heavy atom. The van der Waals surface area contributed by atoms with Crippen LogP contribution < -0.4 is 0 Å². The summed E-state index contributed by atoms with van der Waals surface area (Å²) >= 11 is 3.51. The van der Waals surface area contributed by atoms with Gasteiger partial charge < -0.3 is 5.11 Å². The fourth-order valence-electron chi connectivity index (χ4n) is 4.79. The number of para-hydroxylation sites is 1. The Bertz CT molecular complexity index is 1050. The molecule has 1 heterocycles. The van der Waals surface area contributed by atoms with Crippen molar-refractivity contribution in [2.45, 2.75) is 96.3 Å². The fourth-order valence-corrected chi connectivity index (χ4v) is 5.17. The van der Waals surface area contributed by atoms with Gasteiger partial charge in [0.2, 0.25) is 0 Å². The highest BCUT2D eigenvalue weighted by atomic mass is 79.9. The van der Waals surface area contributed by atoms with Gasteiger partial charge >= 0.3 is 0 Å². The predicted octanol–water partition coefficient (Wildman–Crippen LogP) is 9.40. The van der Waals surface area contributed by atoms with Crippen LogP contribution in [0.2, 0.25) is 0 Å². The second-order valence-electron chi connectivity index (χ2n) is 9.81. The largest absolute Gasteiger partial charge is 0.508 e. The molecule has 1 atom stereocenters. The van der Waals surface area contributed by atoms with Gasteiger partial charge in [-0.15, -0.1) is 0 Å². The van der Waals surface area contributed by atoms with Crippen LogP contribution in [0.15, 0.2) is 65.4 Å². The van der Waals surface area contributed by atoms with E-state index in [1.165, 1.54) is 64.2 Å². The number of phenols is 1. The molecule has 1 unspecified atom stereocenters. The zero-order valence-electron chi connectivity index (χ0n) is 21.7. The summed E-state index contributed by atoms with van der Waals surface area (Å²) < 4.78 is 2.59. The van der Waals surface area contributed by atoms with Gasteiger partial charge in [0.25, 0.3) is 0 Å². The number of halogens is 1. The minimum absolute atomic E-state index is 0.00801. The van der Waals surface area contributed by atoms with Crippen LogP contribution in [0.5, 0.6) is 5.75 Å². The number of carbonyl (C=O) groups excluding carboxylic acids is 1. The number of ketones is 1. The molecule has 0 fully saturated rings. The molecule has 0 bridgehead atoms. The number of aromatic hydroxyl groups is 1. The number of nitrogens with zero attached hydrogens (tertiary/aromatic N) is 2. The lowest BCUT2D eigenvalue weighted by Crippen LogP contribution is -2.13. The monoisotopic (exact) mass is 552 g/mol. The molecule has 1 aromatic heterocycles. The number of carbonyl (C=O) groups is 1. The molecule has 2 aromatic carbocycles. The number of Topliss-reactive ketones (excluding diaryl/α,β-unsaturated/α-hetero) is 1. The smallest absolute Gasteiger partial charge is 0.173 e. The first-order valence-electron chi connectivity index (χ1n) is 13.7. The molecule has 4 nitrogen and oxygen atoms in total. The SMILES string of the molecule is CCCCCCCCCCCCCCC(C(=O)c1cnn(-c2ccccc2)c1)c1cc(Br)ccc1O. The van der Waals surface area contributed by atoms with E-state index in [0.717, 1.165) is 29.4 Å². The summed E-state index contributed by atoms with van der Waals surface area (Å²) in [4.78, 5) is 13.6. The number of rotatable bonds is 17. The molecule has 0 aliphatic rings. The number of aromatic nitrogens is 2. The van der Waals surface area contributed by atoms with Gasteiger partial charge in [-0.2, -0.15) is 5.10 Å². The molecule has 0 aliphatic heterocycles. The number of benzene rings is 2. The molecular weight excluding hydrogens is 512 g/mol. The van der Waals surface area contributed by atoms with Crippen molar-refractivity contribution in [3.05, 3.63) is 76.5 Å². The van der Waals surface area contributed by atoms with Crippen molar-refractivity contribution in [1.82, 2.24) is 9.78 Å². The number of phenolic OH excluding ortho intramolecular Hbond substituents is 1. The third-order valence-electron chi connectivity index (χ3n) is 6.92. The zero-order chi connectivity index (χ0) is 25.6. The first-order chi connectivity index (χ1) is 17.6. The van der Waals surface area contributed by atoms with Crippen LogP contribution in [-0.4, -0.2) is 20.7 Å². The molecule has 194 valence electrons. The van der Waals surface area contributed by atoms with E-state index in [9.17, 15) is 9.90 Å². The maximum atomic E-state index is 13.6. The number of hydrogen-bond donors (Lipinski definition) is 1. The molecule has 3 rings (SSSR count). The molecule has 5 heteroatoms. The Morgan fingerprint density at radius 1 is 0.889 bits per heavy atom. The van der Waals surface area contributed by atoms with E-state index in [1.807, 2.05) is 36.4 Å². The van der Waals surface area contributed by atoms with Gasteiger partial charge in [-0.05, 0) is 36.8 Å². The lowest BCUT2D eigenvalue weighted by Gasteiger charge is -2.17. The van der Waals surface area contributed by atoms with E-state index < -0.39 is 0 Å². The van der Waals surface area contributed by atoms with E-state index in [1.54, 1.807) is 29.2 Å². The normalized spacial score (nSPS) is 12.1. The van der Waals surface area contributed by atoms with E-state index in [0.29, 0.717) is 11.1 Å². The molecule has 36 heavy (non-hydrogen) atoms. The summed E-state index contributed by atoms with van der Waals surface area (Å²) in [5, 5.41) is 15.0. The van der Waals surface area contributed by atoms with Gasteiger partial charge in [-0.1, -0.05) is 118 Å². The van der Waals surface area contributed by atoms with E-state index >= 15 is 0 Å². The molecule has 0 saturated heterocycles. The molecule has 3 aromatic rings. The van der Waals surface area contributed by atoms with Crippen LogP contribution in [0.25, 0.3) is 5.69 Å². The topological polar surface area (TPSA) is 55.1 Å². The van der Waals surface area contributed by atoms with Crippen LogP contribution in [0.4, 0.5) is 0 Å².